The second-order valence-electron chi connectivity index (χ2n) is 5.46. The summed E-state index contributed by atoms with van der Waals surface area (Å²) in [5, 5.41) is 2.56. The lowest BCUT2D eigenvalue weighted by atomic mass is 10.1. The maximum atomic E-state index is 13.7. The molecule has 1 aromatic carbocycles. The molecule has 0 aliphatic rings. The van der Waals surface area contributed by atoms with Crippen molar-refractivity contribution in [3.05, 3.63) is 29.6 Å². The fourth-order valence-electron chi connectivity index (χ4n) is 1.71. The highest BCUT2D eigenvalue weighted by molar-refractivity contribution is 7.89. The molecule has 9 heteroatoms. The highest BCUT2D eigenvalue weighted by Crippen LogP contribution is 2.16. The van der Waals surface area contributed by atoms with E-state index in [1.165, 1.54) is 7.05 Å². The molecule has 0 aliphatic heterocycles. The molecule has 1 rings (SSSR count). The van der Waals surface area contributed by atoms with Crippen LogP contribution < -0.4 is 10.0 Å². The summed E-state index contributed by atoms with van der Waals surface area (Å²) in [6, 6.07) is 2.74. The number of rotatable bonds is 8. The van der Waals surface area contributed by atoms with Gasteiger partial charge in [0.15, 0.2) is 6.61 Å². The molecular formula is C15H21FN2O5S. The lowest BCUT2D eigenvalue weighted by molar-refractivity contribution is -0.124. The molecule has 0 fully saturated rings. The van der Waals surface area contributed by atoms with E-state index >= 15 is 0 Å². The van der Waals surface area contributed by atoms with Gasteiger partial charge in [-0.05, 0) is 37.6 Å². The second-order valence-corrected chi connectivity index (χ2v) is 7.34. The van der Waals surface area contributed by atoms with Gasteiger partial charge in [0.1, 0.15) is 5.82 Å². The number of hydrogen-bond acceptors (Lipinski definition) is 5. The van der Waals surface area contributed by atoms with E-state index in [1.807, 2.05) is 13.8 Å². The molecule has 134 valence electrons. The summed E-state index contributed by atoms with van der Waals surface area (Å²) in [7, 11) is -2.63. The Morgan fingerprint density at radius 1 is 1.29 bits per heavy atom. The van der Waals surface area contributed by atoms with Crippen LogP contribution in [0.2, 0.25) is 0 Å². The van der Waals surface area contributed by atoms with Gasteiger partial charge in [-0.1, -0.05) is 13.8 Å². The van der Waals surface area contributed by atoms with Gasteiger partial charge in [0.2, 0.25) is 10.0 Å². The summed E-state index contributed by atoms with van der Waals surface area (Å²) in [6.07, 6.45) is 0.776. The highest BCUT2D eigenvalue weighted by Gasteiger charge is 2.20. The minimum Gasteiger partial charge on any atom is -0.452 e. The van der Waals surface area contributed by atoms with Crippen LogP contribution >= 0.6 is 0 Å². The Morgan fingerprint density at radius 2 is 1.96 bits per heavy atom. The predicted octanol–water partition coefficient (Wildman–Crippen LogP) is 1.05. The number of benzene rings is 1. The van der Waals surface area contributed by atoms with E-state index in [0.717, 1.165) is 24.6 Å². The summed E-state index contributed by atoms with van der Waals surface area (Å²) in [5.41, 5.74) is -0.554. The number of ether oxygens (including phenoxy) is 1. The van der Waals surface area contributed by atoms with Crippen molar-refractivity contribution < 1.29 is 27.1 Å². The van der Waals surface area contributed by atoms with Gasteiger partial charge in [0.25, 0.3) is 5.91 Å². The molecule has 0 bridgehead atoms. The van der Waals surface area contributed by atoms with Crippen molar-refractivity contribution in [3.63, 3.8) is 0 Å². The van der Waals surface area contributed by atoms with Crippen LogP contribution in [0.15, 0.2) is 23.1 Å². The standard InChI is InChI=1S/C15H21FN2O5S/c1-10(2)6-7-18-14(19)9-23-15(20)12-8-11(4-5-13(12)16)24(21,22)17-3/h4-5,8,10,17H,6-7,9H2,1-3H3,(H,18,19). The van der Waals surface area contributed by atoms with Crippen molar-refractivity contribution in [1.82, 2.24) is 10.0 Å². The van der Waals surface area contributed by atoms with Gasteiger partial charge < -0.3 is 10.1 Å². The summed E-state index contributed by atoms with van der Waals surface area (Å²) in [5.74, 6) is -2.14. The number of carbonyl (C=O) groups excluding carboxylic acids is 2. The molecule has 1 aromatic rings. The third-order valence-corrected chi connectivity index (χ3v) is 4.53. The first-order valence-corrected chi connectivity index (χ1v) is 8.82. The summed E-state index contributed by atoms with van der Waals surface area (Å²) < 4.78 is 43.8. The first kappa shape index (κ1) is 20.0. The maximum absolute atomic E-state index is 13.7. The van der Waals surface area contributed by atoms with Crippen molar-refractivity contribution >= 4 is 21.9 Å². The molecule has 0 spiro atoms. The van der Waals surface area contributed by atoms with Gasteiger partial charge in [0, 0.05) is 6.54 Å². The molecule has 1 amide bonds. The van der Waals surface area contributed by atoms with E-state index in [0.29, 0.717) is 12.5 Å². The van der Waals surface area contributed by atoms with Crippen molar-refractivity contribution in [2.75, 3.05) is 20.2 Å². The van der Waals surface area contributed by atoms with E-state index in [1.54, 1.807) is 0 Å². The highest BCUT2D eigenvalue weighted by atomic mass is 32.2. The third kappa shape index (κ3) is 5.89. The van der Waals surface area contributed by atoms with Crippen molar-refractivity contribution in [3.8, 4) is 0 Å². The van der Waals surface area contributed by atoms with Gasteiger partial charge >= 0.3 is 5.97 Å². The lowest BCUT2D eigenvalue weighted by Gasteiger charge is -2.09. The predicted molar refractivity (Wildman–Crippen MR) is 85.4 cm³/mol. The third-order valence-electron chi connectivity index (χ3n) is 3.11. The largest absolute Gasteiger partial charge is 0.452 e. The van der Waals surface area contributed by atoms with Crippen LogP contribution in [-0.4, -0.2) is 40.5 Å². The summed E-state index contributed by atoms with van der Waals surface area (Å²) in [6.45, 7) is 3.87. The molecule has 0 radical (unpaired) electrons. The average Bonchev–Trinajstić information content (AvgIpc) is 2.52. The summed E-state index contributed by atoms with van der Waals surface area (Å²) >= 11 is 0. The topological polar surface area (TPSA) is 102 Å². The first-order chi connectivity index (χ1) is 11.2. The Balaban J connectivity index is 2.71. The van der Waals surface area contributed by atoms with Crippen LogP contribution in [0.4, 0.5) is 4.39 Å². The Bertz CT molecular complexity index is 704. The Labute approximate surface area is 140 Å². The van der Waals surface area contributed by atoms with Crippen LogP contribution in [-0.2, 0) is 19.6 Å². The van der Waals surface area contributed by atoms with Gasteiger partial charge in [-0.25, -0.2) is 22.3 Å². The van der Waals surface area contributed by atoms with Crippen LogP contribution in [0, 0.1) is 11.7 Å². The number of halogens is 1. The number of sulfonamides is 1. The number of esters is 1. The van der Waals surface area contributed by atoms with Crippen molar-refractivity contribution in [1.29, 1.82) is 0 Å². The quantitative estimate of drug-likeness (QED) is 0.675. The number of carbonyl (C=O) groups is 2. The van der Waals surface area contributed by atoms with Crippen LogP contribution in [0.5, 0.6) is 0 Å². The van der Waals surface area contributed by atoms with E-state index in [9.17, 15) is 22.4 Å². The Morgan fingerprint density at radius 3 is 2.54 bits per heavy atom. The normalized spacial score (nSPS) is 11.4. The monoisotopic (exact) mass is 360 g/mol. The zero-order valence-corrected chi connectivity index (χ0v) is 14.6. The Hall–Kier alpha value is -2.00. The van der Waals surface area contributed by atoms with Gasteiger partial charge in [-0.2, -0.15) is 0 Å². The van der Waals surface area contributed by atoms with Gasteiger partial charge in [-0.3, -0.25) is 4.79 Å². The van der Waals surface area contributed by atoms with Crippen LogP contribution in [0.25, 0.3) is 0 Å². The van der Waals surface area contributed by atoms with Crippen molar-refractivity contribution in [2.24, 2.45) is 5.92 Å². The van der Waals surface area contributed by atoms with Crippen molar-refractivity contribution in [2.45, 2.75) is 25.2 Å². The van der Waals surface area contributed by atoms with E-state index in [2.05, 4.69) is 10.0 Å². The van der Waals surface area contributed by atoms with Gasteiger partial charge in [-0.15, -0.1) is 0 Å². The first-order valence-electron chi connectivity index (χ1n) is 7.34. The summed E-state index contributed by atoms with van der Waals surface area (Å²) in [4.78, 5) is 23.1. The SMILES string of the molecule is CNS(=O)(=O)c1ccc(F)c(C(=O)OCC(=O)NCCC(C)C)c1. The number of nitrogens with one attached hydrogen (secondary N) is 2. The number of amides is 1. The van der Waals surface area contributed by atoms with E-state index in [4.69, 9.17) is 4.74 Å². The average molecular weight is 360 g/mol. The van der Waals surface area contributed by atoms with Crippen LogP contribution in [0.1, 0.15) is 30.6 Å². The van der Waals surface area contributed by atoms with E-state index < -0.39 is 39.9 Å². The molecule has 0 aliphatic carbocycles. The smallest absolute Gasteiger partial charge is 0.341 e. The van der Waals surface area contributed by atoms with Crippen LogP contribution in [0.3, 0.4) is 0 Å². The zero-order valence-electron chi connectivity index (χ0n) is 13.8. The molecule has 7 nitrogen and oxygen atoms in total. The molecule has 0 saturated heterocycles. The molecular weight excluding hydrogens is 339 g/mol. The van der Waals surface area contributed by atoms with E-state index in [-0.39, 0.29) is 4.90 Å². The molecule has 0 heterocycles. The van der Waals surface area contributed by atoms with Gasteiger partial charge in [0.05, 0.1) is 10.5 Å². The molecule has 0 aromatic heterocycles. The molecule has 2 N–H and O–H groups in total. The molecule has 0 unspecified atom stereocenters. The fourth-order valence-corrected chi connectivity index (χ4v) is 2.46. The molecule has 24 heavy (non-hydrogen) atoms. The minimum absolute atomic E-state index is 0.278. The zero-order chi connectivity index (χ0) is 18.3. The molecule has 0 saturated carbocycles. The second kappa shape index (κ2) is 8.74. The fraction of sp³-hybridized carbons (Fsp3) is 0.467. The minimum atomic E-state index is -3.83. The number of hydrogen-bond donors (Lipinski definition) is 2. The maximum Gasteiger partial charge on any atom is 0.341 e. The lowest BCUT2D eigenvalue weighted by Crippen LogP contribution is -2.30. The Kier molecular flexibility index (Phi) is 7.30. The molecule has 0 atom stereocenters.